The van der Waals surface area contributed by atoms with Crippen molar-refractivity contribution in [3.8, 4) is 6.07 Å². The van der Waals surface area contributed by atoms with Gasteiger partial charge in [0.1, 0.15) is 0 Å². The molecule has 62 valence electrons. The van der Waals surface area contributed by atoms with Gasteiger partial charge in [0, 0.05) is 19.9 Å². The molecule has 0 spiro atoms. The van der Waals surface area contributed by atoms with Crippen molar-refractivity contribution in [2.45, 2.75) is 32.6 Å². The Kier molecular flexibility index (Phi) is 6.40. The molecule has 0 radical (unpaired) electrons. The molecule has 0 saturated carbocycles. The molecular weight excluding hydrogens is 140 g/mol. The van der Waals surface area contributed by atoms with Gasteiger partial charge in [0.15, 0.2) is 0 Å². The summed E-state index contributed by atoms with van der Waals surface area (Å²) in [6.07, 6.45) is 3.56. The minimum atomic E-state index is 0.0188. The summed E-state index contributed by atoms with van der Waals surface area (Å²) in [5, 5.41) is 10.9. The predicted molar refractivity (Wildman–Crippen MR) is 42.8 cm³/mol. The topological polar surface area (TPSA) is 52.9 Å². The molecule has 0 aromatic heterocycles. The number of nitrogens with one attached hydrogen (secondary N) is 1. The van der Waals surface area contributed by atoms with Crippen LogP contribution in [0.25, 0.3) is 0 Å². The van der Waals surface area contributed by atoms with Crippen molar-refractivity contribution < 1.29 is 4.79 Å². The van der Waals surface area contributed by atoms with Gasteiger partial charge in [-0.15, -0.1) is 0 Å². The first kappa shape index (κ1) is 9.96. The maximum Gasteiger partial charge on any atom is 0.216 e. The molecule has 11 heavy (non-hydrogen) atoms. The lowest BCUT2D eigenvalue weighted by Gasteiger charge is -1.99. The van der Waals surface area contributed by atoms with Crippen LogP contribution in [-0.4, -0.2) is 12.5 Å². The first-order chi connectivity index (χ1) is 5.27. The number of amides is 1. The van der Waals surface area contributed by atoms with Gasteiger partial charge >= 0.3 is 0 Å². The van der Waals surface area contributed by atoms with Gasteiger partial charge in [-0.05, 0) is 12.8 Å². The first-order valence-corrected chi connectivity index (χ1v) is 3.88. The fourth-order valence-corrected chi connectivity index (χ4v) is 0.770. The number of carbonyl (C=O) groups is 1. The van der Waals surface area contributed by atoms with Gasteiger partial charge in [0.25, 0.3) is 0 Å². The summed E-state index contributed by atoms with van der Waals surface area (Å²) in [6.45, 7) is 2.25. The van der Waals surface area contributed by atoms with Crippen molar-refractivity contribution in [2.75, 3.05) is 6.54 Å². The van der Waals surface area contributed by atoms with E-state index in [0.29, 0.717) is 6.42 Å². The molecule has 0 aliphatic carbocycles. The van der Waals surface area contributed by atoms with E-state index in [9.17, 15) is 4.79 Å². The van der Waals surface area contributed by atoms with Gasteiger partial charge in [-0.25, -0.2) is 0 Å². The third-order valence-electron chi connectivity index (χ3n) is 1.34. The fourth-order valence-electron chi connectivity index (χ4n) is 0.770. The lowest BCUT2D eigenvalue weighted by molar-refractivity contribution is -0.118. The van der Waals surface area contributed by atoms with Crippen LogP contribution in [0.4, 0.5) is 0 Å². The van der Waals surface area contributed by atoms with Crippen molar-refractivity contribution in [2.24, 2.45) is 0 Å². The van der Waals surface area contributed by atoms with E-state index in [1.54, 1.807) is 0 Å². The Hall–Kier alpha value is -1.04. The number of nitriles is 1. The summed E-state index contributed by atoms with van der Waals surface area (Å²) in [6, 6.07) is 2.08. The van der Waals surface area contributed by atoms with Crippen LogP contribution in [0, 0.1) is 11.3 Å². The molecule has 3 nitrogen and oxygen atoms in total. The van der Waals surface area contributed by atoms with Crippen LogP contribution in [0.2, 0.25) is 0 Å². The molecule has 0 fully saturated rings. The Balaban J connectivity index is 2.92. The fraction of sp³-hybridized carbons (Fsp3) is 0.750. The Morgan fingerprint density at radius 1 is 1.45 bits per heavy atom. The first-order valence-electron chi connectivity index (χ1n) is 3.88. The van der Waals surface area contributed by atoms with Crippen LogP contribution >= 0.6 is 0 Å². The second kappa shape index (κ2) is 7.07. The normalized spacial score (nSPS) is 8.73. The molecule has 0 aromatic carbocycles. The smallest absolute Gasteiger partial charge is 0.216 e. The molecule has 0 aliphatic heterocycles. The van der Waals surface area contributed by atoms with Gasteiger partial charge in [-0.1, -0.05) is 6.42 Å². The Labute approximate surface area is 67.4 Å². The highest BCUT2D eigenvalue weighted by molar-refractivity contribution is 5.72. The Morgan fingerprint density at radius 3 is 2.73 bits per heavy atom. The summed E-state index contributed by atoms with van der Waals surface area (Å²) >= 11 is 0. The molecule has 0 heterocycles. The summed E-state index contributed by atoms with van der Waals surface area (Å²) in [4.78, 5) is 10.4. The van der Waals surface area contributed by atoms with Gasteiger partial charge in [-0.3, -0.25) is 4.79 Å². The van der Waals surface area contributed by atoms with Crippen LogP contribution in [0.3, 0.4) is 0 Å². The molecule has 0 rings (SSSR count). The van der Waals surface area contributed by atoms with Crippen molar-refractivity contribution in [1.29, 1.82) is 5.26 Å². The minimum absolute atomic E-state index is 0.0188. The number of nitrogens with zero attached hydrogens (tertiary/aromatic N) is 1. The van der Waals surface area contributed by atoms with Gasteiger partial charge in [0.2, 0.25) is 5.91 Å². The number of carbonyl (C=O) groups excluding carboxylic acids is 1. The average Bonchev–Trinajstić information content (AvgIpc) is 1.96. The molecule has 3 heteroatoms. The number of hydrogen-bond acceptors (Lipinski definition) is 2. The van der Waals surface area contributed by atoms with Gasteiger partial charge in [0.05, 0.1) is 6.07 Å². The zero-order valence-corrected chi connectivity index (χ0v) is 6.89. The molecule has 0 aromatic rings. The van der Waals surface area contributed by atoms with E-state index in [1.165, 1.54) is 6.92 Å². The van der Waals surface area contributed by atoms with E-state index in [2.05, 4.69) is 11.4 Å². The highest BCUT2D eigenvalue weighted by Crippen LogP contribution is 1.96. The average molecular weight is 154 g/mol. The predicted octanol–water partition coefficient (Wildman–Crippen LogP) is 1.21. The van der Waals surface area contributed by atoms with E-state index in [1.807, 2.05) is 0 Å². The van der Waals surface area contributed by atoms with E-state index >= 15 is 0 Å². The van der Waals surface area contributed by atoms with E-state index in [-0.39, 0.29) is 5.91 Å². The Bertz CT molecular complexity index is 149. The maximum absolute atomic E-state index is 10.4. The van der Waals surface area contributed by atoms with Crippen LogP contribution in [0.15, 0.2) is 0 Å². The summed E-state index contributed by atoms with van der Waals surface area (Å²) in [5.41, 5.74) is 0. The number of hydrogen-bond donors (Lipinski definition) is 1. The number of rotatable bonds is 5. The molecule has 0 bridgehead atoms. The quantitative estimate of drug-likeness (QED) is 0.605. The van der Waals surface area contributed by atoms with Crippen molar-refractivity contribution in [1.82, 2.24) is 5.32 Å². The number of unbranched alkanes of at least 4 members (excludes halogenated alkanes) is 3. The molecule has 0 unspecified atom stereocenters. The summed E-state index contributed by atoms with van der Waals surface area (Å²) in [7, 11) is 0. The standard InChI is InChI=1S/C8H14N2O/c1-8(11)10-7-5-3-2-4-6-9/h2-5,7H2,1H3,(H,10,11). The maximum atomic E-state index is 10.4. The summed E-state index contributed by atoms with van der Waals surface area (Å²) in [5.74, 6) is 0.0188. The van der Waals surface area contributed by atoms with Crippen molar-refractivity contribution >= 4 is 5.91 Å². The monoisotopic (exact) mass is 154 g/mol. The lowest BCUT2D eigenvalue weighted by atomic mass is 10.2. The second-order valence-corrected chi connectivity index (χ2v) is 2.45. The third kappa shape index (κ3) is 8.96. The lowest BCUT2D eigenvalue weighted by Crippen LogP contribution is -2.20. The van der Waals surface area contributed by atoms with Crippen LogP contribution < -0.4 is 5.32 Å². The van der Waals surface area contributed by atoms with Crippen molar-refractivity contribution in [3.63, 3.8) is 0 Å². The molecule has 0 saturated heterocycles. The van der Waals surface area contributed by atoms with E-state index in [4.69, 9.17) is 5.26 Å². The van der Waals surface area contributed by atoms with E-state index in [0.717, 1.165) is 25.8 Å². The third-order valence-corrected chi connectivity index (χ3v) is 1.34. The van der Waals surface area contributed by atoms with Crippen LogP contribution in [0.5, 0.6) is 0 Å². The molecular formula is C8H14N2O. The molecule has 0 aliphatic rings. The highest BCUT2D eigenvalue weighted by Gasteiger charge is 1.90. The van der Waals surface area contributed by atoms with Crippen LogP contribution in [-0.2, 0) is 4.79 Å². The zero-order chi connectivity index (χ0) is 8.53. The summed E-state index contributed by atoms with van der Waals surface area (Å²) < 4.78 is 0. The van der Waals surface area contributed by atoms with Gasteiger partial charge in [-0.2, -0.15) is 5.26 Å². The SMILES string of the molecule is CC(=O)NCCCCCC#N. The molecule has 1 amide bonds. The second-order valence-electron chi connectivity index (χ2n) is 2.45. The largest absolute Gasteiger partial charge is 0.356 e. The Morgan fingerprint density at radius 2 is 2.18 bits per heavy atom. The molecule has 1 N–H and O–H groups in total. The highest BCUT2D eigenvalue weighted by atomic mass is 16.1. The van der Waals surface area contributed by atoms with Crippen LogP contribution in [0.1, 0.15) is 32.6 Å². The zero-order valence-electron chi connectivity index (χ0n) is 6.89. The minimum Gasteiger partial charge on any atom is -0.356 e. The molecule has 0 atom stereocenters. The van der Waals surface area contributed by atoms with E-state index < -0.39 is 0 Å². The van der Waals surface area contributed by atoms with Crippen molar-refractivity contribution in [3.05, 3.63) is 0 Å². The van der Waals surface area contributed by atoms with Gasteiger partial charge < -0.3 is 5.32 Å².